The maximum atomic E-state index is 9.91. The Labute approximate surface area is 151 Å². The summed E-state index contributed by atoms with van der Waals surface area (Å²) in [5, 5.41) is 19.6. The molecule has 0 aliphatic carbocycles. The number of methoxy groups -OCH3 is 2. The van der Waals surface area contributed by atoms with Crippen LogP contribution in [0.2, 0.25) is 5.02 Å². The number of halogens is 1. The second kappa shape index (κ2) is 8.32. The van der Waals surface area contributed by atoms with E-state index in [4.69, 9.17) is 25.8 Å². The van der Waals surface area contributed by atoms with E-state index in [9.17, 15) is 10.4 Å². The zero-order valence-electron chi connectivity index (χ0n) is 14.2. The molecule has 2 aromatic rings. The quantitative estimate of drug-likeness (QED) is 0.606. The first-order valence-electron chi connectivity index (χ1n) is 7.53. The Morgan fingerprint density at radius 2 is 1.88 bits per heavy atom. The van der Waals surface area contributed by atoms with Gasteiger partial charge in [0, 0.05) is 0 Å². The van der Waals surface area contributed by atoms with Crippen molar-refractivity contribution < 1.29 is 19.3 Å². The van der Waals surface area contributed by atoms with Crippen LogP contribution in [0.25, 0.3) is 11.6 Å². The Morgan fingerprint density at radius 3 is 2.48 bits per heavy atom. The van der Waals surface area contributed by atoms with E-state index in [2.05, 4.69) is 6.07 Å². The standard InChI is InChI=1S/C19H18ClNO4/c1-4-25-18-9-12(8-15(20)19(18)22)7-14(11-21)13-5-6-16(23-2)17(10-13)24-3/h5-10,22H,4H2,1-3H3/b14-7+. The molecule has 25 heavy (non-hydrogen) atoms. The Morgan fingerprint density at radius 1 is 1.16 bits per heavy atom. The van der Waals surface area contributed by atoms with Crippen molar-refractivity contribution in [2.24, 2.45) is 0 Å². The molecule has 130 valence electrons. The van der Waals surface area contributed by atoms with Crippen LogP contribution in [0.4, 0.5) is 0 Å². The van der Waals surface area contributed by atoms with Gasteiger partial charge in [-0.3, -0.25) is 0 Å². The van der Waals surface area contributed by atoms with Gasteiger partial charge in [-0.05, 0) is 54.5 Å². The highest BCUT2D eigenvalue weighted by atomic mass is 35.5. The second-order valence-electron chi connectivity index (χ2n) is 5.02. The summed E-state index contributed by atoms with van der Waals surface area (Å²) in [4.78, 5) is 0. The third kappa shape index (κ3) is 4.17. The van der Waals surface area contributed by atoms with Gasteiger partial charge in [-0.25, -0.2) is 0 Å². The highest BCUT2D eigenvalue weighted by Crippen LogP contribution is 2.37. The summed E-state index contributed by atoms with van der Waals surface area (Å²) >= 11 is 6.04. The van der Waals surface area contributed by atoms with Gasteiger partial charge in [-0.15, -0.1) is 0 Å². The summed E-state index contributed by atoms with van der Waals surface area (Å²) in [5.41, 5.74) is 1.71. The lowest BCUT2D eigenvalue weighted by Gasteiger charge is -2.10. The predicted octanol–water partition coefficient (Wildman–Crippen LogP) is 4.53. The van der Waals surface area contributed by atoms with Gasteiger partial charge in [0.1, 0.15) is 0 Å². The topological polar surface area (TPSA) is 71.7 Å². The van der Waals surface area contributed by atoms with Crippen molar-refractivity contribution in [3.05, 3.63) is 46.5 Å². The molecular weight excluding hydrogens is 342 g/mol. The molecule has 1 N–H and O–H groups in total. The molecule has 2 rings (SSSR count). The number of benzene rings is 2. The summed E-state index contributed by atoms with van der Waals surface area (Å²) < 4.78 is 15.8. The van der Waals surface area contributed by atoms with E-state index >= 15 is 0 Å². The SMILES string of the molecule is CCOc1cc(/C=C(\C#N)c2ccc(OC)c(OC)c2)cc(Cl)c1O. The van der Waals surface area contributed by atoms with E-state index < -0.39 is 0 Å². The lowest BCUT2D eigenvalue weighted by atomic mass is 10.0. The minimum absolute atomic E-state index is 0.120. The van der Waals surface area contributed by atoms with Gasteiger partial charge >= 0.3 is 0 Å². The Kier molecular flexibility index (Phi) is 6.15. The second-order valence-corrected chi connectivity index (χ2v) is 5.43. The molecule has 5 nitrogen and oxygen atoms in total. The number of ether oxygens (including phenoxy) is 3. The largest absolute Gasteiger partial charge is 0.503 e. The fourth-order valence-corrected chi connectivity index (χ4v) is 2.51. The Hall–Kier alpha value is -2.84. The van der Waals surface area contributed by atoms with Gasteiger partial charge in [-0.2, -0.15) is 5.26 Å². The summed E-state index contributed by atoms with van der Waals surface area (Å²) in [6.45, 7) is 2.19. The van der Waals surface area contributed by atoms with E-state index in [1.54, 1.807) is 50.4 Å². The van der Waals surface area contributed by atoms with Crippen molar-refractivity contribution in [3.63, 3.8) is 0 Å². The maximum Gasteiger partial charge on any atom is 0.176 e. The number of aromatic hydroxyl groups is 1. The third-order valence-corrected chi connectivity index (χ3v) is 3.76. The Balaban J connectivity index is 2.49. The first kappa shape index (κ1) is 18.5. The average molecular weight is 360 g/mol. The monoisotopic (exact) mass is 359 g/mol. The fourth-order valence-electron chi connectivity index (χ4n) is 2.29. The van der Waals surface area contributed by atoms with Gasteiger partial charge in [0.15, 0.2) is 23.0 Å². The maximum absolute atomic E-state index is 9.91. The van der Waals surface area contributed by atoms with Crippen molar-refractivity contribution in [1.29, 1.82) is 5.26 Å². The molecule has 0 aliphatic rings. The molecule has 6 heteroatoms. The van der Waals surface area contributed by atoms with Crippen molar-refractivity contribution in [3.8, 4) is 29.1 Å². The molecule has 0 unspecified atom stereocenters. The van der Waals surface area contributed by atoms with Crippen molar-refractivity contribution in [1.82, 2.24) is 0 Å². The molecule has 0 bridgehead atoms. The van der Waals surface area contributed by atoms with Crippen molar-refractivity contribution >= 4 is 23.3 Å². The normalized spacial score (nSPS) is 10.9. The zero-order valence-corrected chi connectivity index (χ0v) is 14.9. The number of hydrogen-bond acceptors (Lipinski definition) is 5. The lowest BCUT2D eigenvalue weighted by Crippen LogP contribution is -1.93. The summed E-state index contributed by atoms with van der Waals surface area (Å²) in [5.74, 6) is 1.26. The van der Waals surface area contributed by atoms with E-state index in [0.29, 0.717) is 34.8 Å². The lowest BCUT2D eigenvalue weighted by molar-refractivity contribution is 0.318. The van der Waals surface area contributed by atoms with Crippen LogP contribution in [0.1, 0.15) is 18.1 Å². The van der Waals surface area contributed by atoms with Gasteiger partial charge in [0.05, 0.1) is 37.5 Å². The van der Waals surface area contributed by atoms with Crippen LogP contribution in [0, 0.1) is 11.3 Å². The van der Waals surface area contributed by atoms with E-state index in [1.165, 1.54) is 7.11 Å². The van der Waals surface area contributed by atoms with Crippen LogP contribution in [-0.2, 0) is 0 Å². The van der Waals surface area contributed by atoms with Crippen LogP contribution >= 0.6 is 11.6 Å². The number of nitriles is 1. The van der Waals surface area contributed by atoms with E-state index in [0.717, 1.165) is 0 Å². The first-order valence-corrected chi connectivity index (χ1v) is 7.91. The molecule has 0 saturated carbocycles. The van der Waals surface area contributed by atoms with Gasteiger partial charge in [-0.1, -0.05) is 11.6 Å². The number of hydrogen-bond donors (Lipinski definition) is 1. The van der Waals surface area contributed by atoms with Crippen LogP contribution in [0.5, 0.6) is 23.0 Å². The molecular formula is C19H18ClNO4. The predicted molar refractivity (Wildman–Crippen MR) is 97.3 cm³/mol. The van der Waals surface area contributed by atoms with E-state index in [-0.39, 0.29) is 16.5 Å². The first-order chi connectivity index (χ1) is 12.0. The molecule has 0 aromatic heterocycles. The Bertz CT molecular complexity index is 840. The van der Waals surface area contributed by atoms with Crippen molar-refractivity contribution in [2.45, 2.75) is 6.92 Å². The number of nitrogens with zero attached hydrogens (tertiary/aromatic N) is 1. The van der Waals surface area contributed by atoms with Crippen LogP contribution in [-0.4, -0.2) is 25.9 Å². The molecule has 0 heterocycles. The average Bonchev–Trinajstić information content (AvgIpc) is 2.63. The van der Waals surface area contributed by atoms with Crippen LogP contribution in [0.15, 0.2) is 30.3 Å². The number of rotatable bonds is 6. The minimum Gasteiger partial charge on any atom is -0.503 e. The van der Waals surface area contributed by atoms with Crippen molar-refractivity contribution in [2.75, 3.05) is 20.8 Å². The van der Waals surface area contributed by atoms with Gasteiger partial charge in [0.25, 0.3) is 0 Å². The number of phenols is 1. The highest BCUT2D eigenvalue weighted by Gasteiger charge is 2.11. The molecule has 0 radical (unpaired) electrons. The molecule has 0 amide bonds. The van der Waals surface area contributed by atoms with E-state index in [1.807, 2.05) is 0 Å². The molecule has 0 aliphatic heterocycles. The van der Waals surface area contributed by atoms with Gasteiger partial charge in [0.2, 0.25) is 0 Å². The molecule has 0 fully saturated rings. The number of phenolic OH excluding ortho intramolecular Hbond substituents is 1. The molecule has 2 aromatic carbocycles. The smallest absolute Gasteiger partial charge is 0.176 e. The van der Waals surface area contributed by atoms with Crippen LogP contribution in [0.3, 0.4) is 0 Å². The van der Waals surface area contributed by atoms with Gasteiger partial charge < -0.3 is 19.3 Å². The molecule has 0 atom stereocenters. The zero-order chi connectivity index (χ0) is 18.4. The fraction of sp³-hybridized carbons (Fsp3) is 0.211. The number of allylic oxidation sites excluding steroid dienone is 1. The molecule has 0 saturated heterocycles. The highest BCUT2D eigenvalue weighted by molar-refractivity contribution is 6.32. The minimum atomic E-state index is -0.120. The van der Waals surface area contributed by atoms with Crippen LogP contribution < -0.4 is 14.2 Å². The summed E-state index contributed by atoms with van der Waals surface area (Å²) in [6, 6.07) is 10.6. The molecule has 0 spiro atoms. The summed E-state index contributed by atoms with van der Waals surface area (Å²) in [6.07, 6.45) is 1.66. The summed E-state index contributed by atoms with van der Waals surface area (Å²) in [7, 11) is 3.08. The third-order valence-electron chi connectivity index (χ3n) is 3.48.